The van der Waals surface area contributed by atoms with E-state index in [9.17, 15) is 9.59 Å². The van der Waals surface area contributed by atoms with Gasteiger partial charge in [-0.25, -0.2) is 20.0 Å². The summed E-state index contributed by atoms with van der Waals surface area (Å²) in [5.74, 6) is 0. The molecular weight excluding hydrogens is 308 g/mol. The Morgan fingerprint density at radius 2 is 1.46 bits per heavy atom. The lowest BCUT2D eigenvalue weighted by Gasteiger charge is -2.32. The molecule has 0 radical (unpaired) electrons. The summed E-state index contributed by atoms with van der Waals surface area (Å²) in [5.41, 5.74) is 2.01. The zero-order valence-corrected chi connectivity index (χ0v) is 15.5. The van der Waals surface area contributed by atoms with Gasteiger partial charge in [0, 0.05) is 0 Å². The maximum Gasteiger partial charge on any atom is 0.429 e. The molecule has 1 atom stereocenters. The Morgan fingerprint density at radius 1 is 0.958 bits per heavy atom. The van der Waals surface area contributed by atoms with Gasteiger partial charge in [-0.05, 0) is 54.0 Å². The van der Waals surface area contributed by atoms with E-state index >= 15 is 0 Å². The molecule has 0 aliphatic rings. The average molecular weight is 336 g/mol. The van der Waals surface area contributed by atoms with Crippen LogP contribution in [0.1, 0.15) is 60.1 Å². The van der Waals surface area contributed by atoms with Crippen LogP contribution in [0, 0.1) is 0 Å². The summed E-state index contributed by atoms with van der Waals surface area (Å²) in [5, 5.41) is 1.15. The van der Waals surface area contributed by atoms with Gasteiger partial charge >= 0.3 is 12.2 Å². The minimum atomic E-state index is -0.712. The van der Waals surface area contributed by atoms with Crippen molar-refractivity contribution >= 4 is 12.2 Å². The summed E-state index contributed by atoms with van der Waals surface area (Å²) in [6, 6.07) is 8.94. The van der Waals surface area contributed by atoms with Crippen molar-refractivity contribution in [3.8, 4) is 0 Å². The fourth-order valence-corrected chi connectivity index (χ4v) is 1.89. The first kappa shape index (κ1) is 19.8. The zero-order chi connectivity index (χ0) is 18.5. The molecule has 134 valence electrons. The lowest BCUT2D eigenvalue weighted by Crippen LogP contribution is -2.50. The van der Waals surface area contributed by atoms with E-state index in [1.54, 1.807) is 48.5 Å². The second-order valence-electron chi connectivity index (χ2n) is 7.55. The molecule has 0 aromatic heterocycles. The normalized spacial score (nSPS) is 13.0. The van der Waals surface area contributed by atoms with E-state index in [1.165, 1.54) is 0 Å². The first-order chi connectivity index (χ1) is 10.9. The molecule has 24 heavy (non-hydrogen) atoms. The van der Waals surface area contributed by atoms with Crippen molar-refractivity contribution in [1.82, 2.24) is 10.4 Å². The molecule has 6 nitrogen and oxygen atoms in total. The molecule has 0 spiro atoms. The summed E-state index contributed by atoms with van der Waals surface area (Å²) in [7, 11) is 0. The van der Waals surface area contributed by atoms with Crippen LogP contribution in [0.2, 0.25) is 0 Å². The van der Waals surface area contributed by atoms with Crippen LogP contribution in [0.3, 0.4) is 0 Å². The van der Waals surface area contributed by atoms with Crippen molar-refractivity contribution in [2.45, 2.75) is 65.7 Å². The molecule has 6 heteroatoms. The van der Waals surface area contributed by atoms with Crippen LogP contribution in [0.5, 0.6) is 0 Å². The molecule has 1 aromatic carbocycles. The fourth-order valence-electron chi connectivity index (χ4n) is 1.89. The first-order valence-electron chi connectivity index (χ1n) is 7.96. The van der Waals surface area contributed by atoms with E-state index in [0.29, 0.717) is 0 Å². The van der Waals surface area contributed by atoms with Crippen molar-refractivity contribution in [2.24, 2.45) is 0 Å². The zero-order valence-electron chi connectivity index (χ0n) is 15.5. The predicted molar refractivity (Wildman–Crippen MR) is 92.3 cm³/mol. The molecule has 1 unspecified atom stereocenters. The highest BCUT2D eigenvalue weighted by atomic mass is 16.6. The second kappa shape index (κ2) is 7.55. The molecule has 1 aromatic rings. The molecule has 0 fully saturated rings. The van der Waals surface area contributed by atoms with E-state index in [4.69, 9.17) is 9.47 Å². The number of nitrogens with one attached hydrogen (secondary N) is 1. The van der Waals surface area contributed by atoms with Gasteiger partial charge in [0.2, 0.25) is 0 Å². The largest absolute Gasteiger partial charge is 0.443 e. The Morgan fingerprint density at radius 3 is 1.92 bits per heavy atom. The fraction of sp³-hybridized carbons (Fsp3) is 0.556. The molecule has 0 saturated carbocycles. The van der Waals surface area contributed by atoms with Gasteiger partial charge in [-0.2, -0.15) is 0 Å². The summed E-state index contributed by atoms with van der Waals surface area (Å²) in [6.45, 7) is 12.4. The van der Waals surface area contributed by atoms with Gasteiger partial charge < -0.3 is 9.47 Å². The number of carbonyl (C=O) groups excluding carboxylic acids is 2. The van der Waals surface area contributed by atoms with E-state index in [2.05, 4.69) is 5.43 Å². The van der Waals surface area contributed by atoms with Gasteiger partial charge in [0.15, 0.2) is 0 Å². The number of benzene rings is 1. The summed E-state index contributed by atoms with van der Waals surface area (Å²) >= 11 is 0. The molecule has 0 heterocycles. The third-order valence-corrected chi connectivity index (χ3v) is 2.87. The molecule has 1 N–H and O–H groups in total. The Bertz CT molecular complexity index is 559. The number of nitrogens with zero attached hydrogens (tertiary/aromatic N) is 1. The highest BCUT2D eigenvalue weighted by Gasteiger charge is 2.30. The lowest BCUT2D eigenvalue weighted by molar-refractivity contribution is -0.00804. The van der Waals surface area contributed by atoms with Crippen LogP contribution >= 0.6 is 0 Å². The van der Waals surface area contributed by atoms with Gasteiger partial charge in [-0.1, -0.05) is 30.3 Å². The van der Waals surface area contributed by atoms with Crippen LogP contribution in [-0.4, -0.2) is 28.4 Å². The van der Waals surface area contributed by atoms with Crippen molar-refractivity contribution in [3.05, 3.63) is 35.9 Å². The van der Waals surface area contributed by atoms with Gasteiger partial charge in [0.25, 0.3) is 0 Å². The van der Waals surface area contributed by atoms with Crippen LogP contribution in [-0.2, 0) is 9.47 Å². The maximum atomic E-state index is 12.5. The number of carbonyl (C=O) groups is 2. The van der Waals surface area contributed by atoms with E-state index < -0.39 is 29.4 Å². The van der Waals surface area contributed by atoms with Crippen LogP contribution in [0.15, 0.2) is 30.3 Å². The minimum absolute atomic E-state index is 0.423. The Balaban J connectivity index is 2.99. The maximum absolute atomic E-state index is 12.5. The smallest absolute Gasteiger partial charge is 0.429 e. The summed E-state index contributed by atoms with van der Waals surface area (Å²) in [4.78, 5) is 24.6. The third-order valence-electron chi connectivity index (χ3n) is 2.87. The van der Waals surface area contributed by atoms with Gasteiger partial charge in [0.1, 0.15) is 11.2 Å². The van der Waals surface area contributed by atoms with Crippen molar-refractivity contribution < 1.29 is 19.1 Å². The summed E-state index contributed by atoms with van der Waals surface area (Å²) in [6.07, 6.45) is -1.36. The molecular formula is C18H28N2O4. The summed E-state index contributed by atoms with van der Waals surface area (Å²) < 4.78 is 10.6. The van der Waals surface area contributed by atoms with E-state index in [1.807, 2.05) is 30.3 Å². The number of hydrazine groups is 1. The number of amides is 2. The standard InChI is InChI=1S/C18H28N2O4/c1-13(14-11-9-8-10-12-14)20(16(22)24-18(5,6)7)19-15(21)23-17(2,3)4/h8-13H,1-7H3,(H,19,21). The van der Waals surface area contributed by atoms with E-state index in [-0.39, 0.29) is 0 Å². The Labute approximate surface area is 144 Å². The van der Waals surface area contributed by atoms with Crippen molar-refractivity contribution in [1.29, 1.82) is 0 Å². The predicted octanol–water partition coefficient (Wildman–Crippen LogP) is 4.42. The van der Waals surface area contributed by atoms with Crippen LogP contribution in [0.25, 0.3) is 0 Å². The molecule has 2 amide bonds. The third kappa shape index (κ3) is 6.89. The van der Waals surface area contributed by atoms with Crippen molar-refractivity contribution in [2.75, 3.05) is 0 Å². The number of ether oxygens (including phenoxy) is 2. The molecule has 0 bridgehead atoms. The first-order valence-corrected chi connectivity index (χ1v) is 7.96. The molecule has 0 aliphatic heterocycles. The number of hydrogen-bond donors (Lipinski definition) is 1. The monoisotopic (exact) mass is 336 g/mol. The molecule has 0 aliphatic carbocycles. The quantitative estimate of drug-likeness (QED) is 0.812. The SMILES string of the molecule is CC(c1ccccc1)N(NC(=O)OC(C)(C)C)C(=O)OC(C)(C)C. The van der Waals surface area contributed by atoms with Crippen molar-refractivity contribution in [3.63, 3.8) is 0 Å². The Hall–Kier alpha value is -2.24. The second-order valence-corrected chi connectivity index (χ2v) is 7.55. The molecule has 0 saturated heterocycles. The van der Waals surface area contributed by atoms with Gasteiger partial charge in [0.05, 0.1) is 6.04 Å². The van der Waals surface area contributed by atoms with Crippen LogP contribution in [0.4, 0.5) is 9.59 Å². The average Bonchev–Trinajstić information content (AvgIpc) is 2.41. The Kier molecular flexibility index (Phi) is 6.23. The van der Waals surface area contributed by atoms with Gasteiger partial charge in [-0.3, -0.25) is 0 Å². The van der Waals surface area contributed by atoms with Crippen LogP contribution < -0.4 is 5.43 Å². The number of hydrogen-bond acceptors (Lipinski definition) is 4. The lowest BCUT2D eigenvalue weighted by atomic mass is 10.1. The number of rotatable bonds is 2. The highest BCUT2D eigenvalue weighted by Crippen LogP contribution is 2.21. The topological polar surface area (TPSA) is 67.9 Å². The van der Waals surface area contributed by atoms with E-state index in [0.717, 1.165) is 10.6 Å². The highest BCUT2D eigenvalue weighted by molar-refractivity contribution is 5.74. The minimum Gasteiger partial charge on any atom is -0.443 e. The van der Waals surface area contributed by atoms with Gasteiger partial charge in [-0.15, -0.1) is 0 Å². The molecule has 1 rings (SSSR count).